The SMILES string of the molecule is CCCCCCCCCCCCCCCCCC/C=C/CC/C=C/C(O)C(CO)NC(=O)CCCCCCCCCCCCCCCCCCCCCCC. The summed E-state index contributed by atoms with van der Waals surface area (Å²) in [6, 6.07) is -0.635. The van der Waals surface area contributed by atoms with Crippen LogP contribution in [0.25, 0.3) is 0 Å². The first kappa shape index (κ1) is 53.9. The van der Waals surface area contributed by atoms with E-state index in [1.807, 2.05) is 6.08 Å². The Morgan fingerprint density at radius 2 is 0.709 bits per heavy atom. The fourth-order valence-electron chi connectivity index (χ4n) is 7.84. The topological polar surface area (TPSA) is 69.6 Å². The summed E-state index contributed by atoms with van der Waals surface area (Å²) in [4.78, 5) is 12.4. The Balaban J connectivity index is 3.53. The molecule has 326 valence electrons. The molecule has 0 radical (unpaired) electrons. The van der Waals surface area contributed by atoms with Crippen LogP contribution in [-0.2, 0) is 4.79 Å². The molecule has 0 aliphatic rings. The maximum atomic E-state index is 12.4. The molecule has 55 heavy (non-hydrogen) atoms. The van der Waals surface area contributed by atoms with Crippen LogP contribution in [0.4, 0.5) is 0 Å². The fraction of sp³-hybridized carbons (Fsp3) is 0.902. The number of allylic oxidation sites excluding steroid dienone is 3. The Bertz CT molecular complexity index is 795. The van der Waals surface area contributed by atoms with Gasteiger partial charge in [0.25, 0.3) is 0 Å². The molecule has 0 aromatic heterocycles. The molecule has 2 unspecified atom stereocenters. The van der Waals surface area contributed by atoms with Crippen molar-refractivity contribution in [2.75, 3.05) is 6.61 Å². The highest BCUT2D eigenvalue weighted by Crippen LogP contribution is 2.17. The van der Waals surface area contributed by atoms with E-state index in [9.17, 15) is 15.0 Å². The van der Waals surface area contributed by atoms with Crippen LogP contribution in [0.3, 0.4) is 0 Å². The van der Waals surface area contributed by atoms with E-state index in [0.717, 1.165) is 32.1 Å². The lowest BCUT2D eigenvalue weighted by Crippen LogP contribution is -2.45. The molecular weight excluding hydrogens is 675 g/mol. The minimum atomic E-state index is -0.859. The molecule has 0 saturated carbocycles. The van der Waals surface area contributed by atoms with Gasteiger partial charge in [-0.3, -0.25) is 4.79 Å². The summed E-state index contributed by atoms with van der Waals surface area (Å²) >= 11 is 0. The second kappa shape index (κ2) is 47.2. The van der Waals surface area contributed by atoms with Crippen LogP contribution < -0.4 is 5.32 Å². The number of unbranched alkanes of at least 4 members (excludes halogenated alkanes) is 37. The lowest BCUT2D eigenvalue weighted by Gasteiger charge is -2.19. The number of aliphatic hydroxyl groups excluding tert-OH is 2. The van der Waals surface area contributed by atoms with Gasteiger partial charge in [0.1, 0.15) is 0 Å². The highest BCUT2D eigenvalue weighted by atomic mass is 16.3. The minimum Gasteiger partial charge on any atom is -0.394 e. The molecule has 4 nitrogen and oxygen atoms in total. The van der Waals surface area contributed by atoms with Crippen LogP contribution in [0.15, 0.2) is 24.3 Å². The largest absolute Gasteiger partial charge is 0.394 e. The average molecular weight is 774 g/mol. The maximum Gasteiger partial charge on any atom is 0.220 e. The summed E-state index contributed by atoms with van der Waals surface area (Å²) in [5, 5.41) is 23.1. The van der Waals surface area contributed by atoms with Crippen LogP contribution in [0, 0.1) is 0 Å². The van der Waals surface area contributed by atoms with Crippen LogP contribution in [0.5, 0.6) is 0 Å². The number of nitrogens with one attached hydrogen (secondary N) is 1. The van der Waals surface area contributed by atoms with Crippen molar-refractivity contribution in [1.29, 1.82) is 0 Å². The van der Waals surface area contributed by atoms with Gasteiger partial charge in [-0.25, -0.2) is 0 Å². The van der Waals surface area contributed by atoms with Gasteiger partial charge in [0, 0.05) is 6.42 Å². The summed E-state index contributed by atoms with van der Waals surface area (Å²) in [7, 11) is 0. The normalized spacial score (nSPS) is 13.0. The van der Waals surface area contributed by atoms with E-state index in [2.05, 4.69) is 31.3 Å². The molecule has 1 amide bonds. The van der Waals surface area contributed by atoms with Crippen molar-refractivity contribution in [3.8, 4) is 0 Å². The first-order valence-electron chi connectivity index (χ1n) is 25.1. The van der Waals surface area contributed by atoms with Crippen LogP contribution in [0.2, 0.25) is 0 Å². The number of hydrogen-bond acceptors (Lipinski definition) is 3. The number of hydrogen-bond donors (Lipinski definition) is 3. The van der Waals surface area contributed by atoms with Crippen molar-refractivity contribution < 1.29 is 15.0 Å². The van der Waals surface area contributed by atoms with Crippen molar-refractivity contribution in [3.63, 3.8) is 0 Å². The van der Waals surface area contributed by atoms with Gasteiger partial charge in [-0.15, -0.1) is 0 Å². The second-order valence-electron chi connectivity index (χ2n) is 17.2. The van der Waals surface area contributed by atoms with Gasteiger partial charge in [-0.1, -0.05) is 263 Å². The molecule has 0 saturated heterocycles. The van der Waals surface area contributed by atoms with E-state index in [1.165, 1.54) is 225 Å². The molecule has 2 atom stereocenters. The van der Waals surface area contributed by atoms with Gasteiger partial charge in [-0.05, 0) is 32.1 Å². The molecule has 0 fully saturated rings. The quantitative estimate of drug-likeness (QED) is 0.0426. The second-order valence-corrected chi connectivity index (χ2v) is 17.2. The lowest BCUT2D eigenvalue weighted by molar-refractivity contribution is -0.123. The first-order valence-corrected chi connectivity index (χ1v) is 25.1. The molecule has 0 aromatic carbocycles. The first-order chi connectivity index (χ1) is 27.2. The average Bonchev–Trinajstić information content (AvgIpc) is 3.19. The van der Waals surface area contributed by atoms with Gasteiger partial charge < -0.3 is 15.5 Å². The molecule has 0 aromatic rings. The van der Waals surface area contributed by atoms with Crippen LogP contribution >= 0.6 is 0 Å². The van der Waals surface area contributed by atoms with Crippen molar-refractivity contribution in [2.45, 2.75) is 289 Å². The zero-order chi connectivity index (χ0) is 40.0. The summed E-state index contributed by atoms with van der Waals surface area (Å²) in [5.41, 5.74) is 0. The molecule has 0 rings (SSSR count). The van der Waals surface area contributed by atoms with E-state index >= 15 is 0 Å². The highest BCUT2D eigenvalue weighted by molar-refractivity contribution is 5.76. The third-order valence-corrected chi connectivity index (χ3v) is 11.7. The molecule has 0 bridgehead atoms. The zero-order valence-electron chi connectivity index (χ0n) is 37.5. The zero-order valence-corrected chi connectivity index (χ0v) is 37.5. The van der Waals surface area contributed by atoms with Gasteiger partial charge in [0.15, 0.2) is 0 Å². The Hall–Kier alpha value is -1.13. The smallest absolute Gasteiger partial charge is 0.220 e. The molecule has 0 aliphatic heterocycles. The van der Waals surface area contributed by atoms with E-state index in [1.54, 1.807) is 6.08 Å². The van der Waals surface area contributed by atoms with Crippen LogP contribution in [-0.4, -0.2) is 34.9 Å². The Morgan fingerprint density at radius 1 is 0.418 bits per heavy atom. The van der Waals surface area contributed by atoms with E-state index in [4.69, 9.17) is 0 Å². The predicted molar refractivity (Wildman–Crippen MR) is 244 cm³/mol. The van der Waals surface area contributed by atoms with E-state index < -0.39 is 12.1 Å². The molecule has 0 spiro atoms. The molecule has 3 N–H and O–H groups in total. The number of rotatable bonds is 46. The number of amides is 1. The van der Waals surface area contributed by atoms with Crippen molar-refractivity contribution in [2.24, 2.45) is 0 Å². The van der Waals surface area contributed by atoms with E-state index in [-0.39, 0.29) is 12.5 Å². The van der Waals surface area contributed by atoms with Crippen molar-refractivity contribution >= 4 is 5.91 Å². The monoisotopic (exact) mass is 774 g/mol. The Morgan fingerprint density at radius 3 is 1.05 bits per heavy atom. The summed E-state index contributed by atoms with van der Waals surface area (Å²) < 4.78 is 0. The third kappa shape index (κ3) is 43.8. The number of aliphatic hydroxyl groups is 2. The minimum absolute atomic E-state index is 0.0682. The van der Waals surface area contributed by atoms with Crippen LogP contribution in [0.1, 0.15) is 277 Å². The van der Waals surface area contributed by atoms with Gasteiger partial charge in [-0.2, -0.15) is 0 Å². The number of carbonyl (C=O) groups excluding carboxylic acids is 1. The van der Waals surface area contributed by atoms with E-state index in [0.29, 0.717) is 6.42 Å². The summed E-state index contributed by atoms with van der Waals surface area (Å²) in [5.74, 6) is -0.0682. The van der Waals surface area contributed by atoms with Gasteiger partial charge in [0.05, 0.1) is 18.8 Å². The fourth-order valence-corrected chi connectivity index (χ4v) is 7.84. The standard InChI is InChI=1S/C51H99NO3/c1-3-5-7-9-11-13-15-17-19-21-23-25-27-28-30-32-34-36-38-40-42-44-46-50(54)49(48-53)52-51(55)47-45-43-41-39-37-35-33-31-29-26-24-22-20-18-16-14-12-10-8-6-4-2/h36,38,44,46,49-50,53-54H,3-35,37,39-43,45,47-48H2,1-2H3,(H,52,55)/b38-36+,46-44+. The number of carbonyl (C=O) groups is 1. The Labute approximate surface area is 345 Å². The third-order valence-electron chi connectivity index (χ3n) is 11.7. The Kier molecular flexibility index (Phi) is 46.3. The van der Waals surface area contributed by atoms with Gasteiger partial charge >= 0.3 is 0 Å². The maximum absolute atomic E-state index is 12.4. The van der Waals surface area contributed by atoms with Crippen molar-refractivity contribution in [3.05, 3.63) is 24.3 Å². The molecular formula is C51H99NO3. The van der Waals surface area contributed by atoms with Gasteiger partial charge in [0.2, 0.25) is 5.91 Å². The molecule has 0 heterocycles. The molecule has 0 aliphatic carbocycles. The van der Waals surface area contributed by atoms with Crippen molar-refractivity contribution in [1.82, 2.24) is 5.32 Å². The summed E-state index contributed by atoms with van der Waals surface area (Å²) in [6.07, 6.45) is 61.7. The molecule has 4 heteroatoms. The predicted octanol–water partition coefficient (Wildman–Crippen LogP) is 16.0. The highest BCUT2D eigenvalue weighted by Gasteiger charge is 2.17. The lowest BCUT2D eigenvalue weighted by atomic mass is 10.0. The summed E-state index contributed by atoms with van der Waals surface area (Å²) in [6.45, 7) is 4.33.